The standard InChI is InChI=1S/C24H30N4OS/c1-3-29-19-7-5-18(6-8-19)15-27-10-12-28(13-11-27)23-22-20-14-17(2)4-9-21(20)30-24(22)26-16-25-23/h5-8,16-17H,3-4,9-15H2,1-2H3/p+1/t17-/m1/s1. The number of quaternary nitrogens is 1. The molecule has 3 aromatic rings. The average molecular weight is 424 g/mol. The number of nitrogens with one attached hydrogen (secondary N) is 1. The van der Waals surface area contributed by atoms with Crippen LogP contribution in [0.4, 0.5) is 5.82 Å². The van der Waals surface area contributed by atoms with E-state index in [4.69, 9.17) is 9.72 Å². The highest BCUT2D eigenvalue weighted by Crippen LogP contribution is 2.40. The predicted molar refractivity (Wildman–Crippen MR) is 123 cm³/mol. The van der Waals surface area contributed by atoms with Crippen LogP contribution in [0.15, 0.2) is 30.6 Å². The summed E-state index contributed by atoms with van der Waals surface area (Å²) in [5.74, 6) is 2.90. The van der Waals surface area contributed by atoms with Crippen LogP contribution in [-0.2, 0) is 19.4 Å². The molecule has 1 fully saturated rings. The number of aromatic nitrogens is 2. The van der Waals surface area contributed by atoms with Crippen molar-refractivity contribution in [2.75, 3.05) is 37.7 Å². The smallest absolute Gasteiger partial charge is 0.141 e. The zero-order valence-corrected chi connectivity index (χ0v) is 18.8. The average Bonchev–Trinajstić information content (AvgIpc) is 3.14. The maximum absolute atomic E-state index is 5.56. The predicted octanol–water partition coefficient (Wildman–Crippen LogP) is 3.12. The maximum Gasteiger partial charge on any atom is 0.141 e. The largest absolute Gasteiger partial charge is 0.494 e. The Labute approximate surface area is 182 Å². The number of hydrogen-bond acceptors (Lipinski definition) is 5. The molecular formula is C24H31N4OS+. The van der Waals surface area contributed by atoms with E-state index in [1.54, 1.807) is 16.1 Å². The van der Waals surface area contributed by atoms with Gasteiger partial charge in [-0.15, -0.1) is 11.3 Å². The highest BCUT2D eigenvalue weighted by atomic mass is 32.1. The third-order valence-corrected chi connectivity index (χ3v) is 7.73. The van der Waals surface area contributed by atoms with Gasteiger partial charge in [-0.05, 0) is 61.9 Å². The summed E-state index contributed by atoms with van der Waals surface area (Å²) in [7, 11) is 0. The second-order valence-corrected chi connectivity index (χ2v) is 9.80. The molecule has 1 atom stereocenters. The molecule has 0 saturated carbocycles. The SMILES string of the molecule is CCOc1ccc(C[NH+]2CCN(c3ncnc4sc5c(c34)C[C@H](C)CC5)CC2)cc1. The van der Waals surface area contributed by atoms with Crippen LogP contribution in [0.25, 0.3) is 10.2 Å². The number of anilines is 1. The first-order valence-corrected chi connectivity index (χ1v) is 12.1. The van der Waals surface area contributed by atoms with Crippen molar-refractivity contribution in [3.05, 3.63) is 46.6 Å². The van der Waals surface area contributed by atoms with Crippen molar-refractivity contribution in [2.24, 2.45) is 5.92 Å². The lowest BCUT2D eigenvalue weighted by molar-refractivity contribution is -0.914. The first-order chi connectivity index (χ1) is 14.7. The Bertz CT molecular complexity index is 1010. The number of piperazine rings is 1. The van der Waals surface area contributed by atoms with Crippen molar-refractivity contribution in [2.45, 2.75) is 39.7 Å². The highest BCUT2D eigenvalue weighted by Gasteiger charge is 2.27. The number of aryl methyl sites for hydroxylation is 1. The molecule has 0 radical (unpaired) electrons. The van der Waals surface area contributed by atoms with Gasteiger partial charge in [-0.3, -0.25) is 0 Å². The summed E-state index contributed by atoms with van der Waals surface area (Å²) in [5, 5.41) is 1.35. The minimum atomic E-state index is 0.717. The van der Waals surface area contributed by atoms with Gasteiger partial charge in [0.15, 0.2) is 0 Å². The van der Waals surface area contributed by atoms with Gasteiger partial charge in [-0.25, -0.2) is 9.97 Å². The third-order valence-electron chi connectivity index (χ3n) is 6.53. The highest BCUT2D eigenvalue weighted by molar-refractivity contribution is 7.19. The van der Waals surface area contributed by atoms with Gasteiger partial charge in [0, 0.05) is 10.4 Å². The Morgan fingerprint density at radius 3 is 2.73 bits per heavy atom. The van der Waals surface area contributed by atoms with E-state index in [1.165, 1.54) is 46.4 Å². The van der Waals surface area contributed by atoms with Crippen LogP contribution < -0.4 is 14.5 Å². The first kappa shape index (κ1) is 19.8. The topological polar surface area (TPSA) is 42.7 Å². The number of nitrogens with zero attached hydrogens (tertiary/aromatic N) is 3. The second kappa shape index (κ2) is 8.52. The molecular weight excluding hydrogens is 392 g/mol. The Morgan fingerprint density at radius 1 is 1.17 bits per heavy atom. The third kappa shape index (κ3) is 3.91. The van der Waals surface area contributed by atoms with Gasteiger partial charge in [0.25, 0.3) is 0 Å². The molecule has 3 heterocycles. The summed E-state index contributed by atoms with van der Waals surface area (Å²) >= 11 is 1.89. The Hall–Kier alpha value is -2.18. The van der Waals surface area contributed by atoms with Gasteiger partial charge in [-0.2, -0.15) is 0 Å². The molecule has 1 N–H and O–H groups in total. The van der Waals surface area contributed by atoms with E-state index in [1.807, 2.05) is 18.3 Å². The van der Waals surface area contributed by atoms with E-state index in [0.717, 1.165) is 51.0 Å². The van der Waals surface area contributed by atoms with Crippen LogP contribution in [0.5, 0.6) is 5.75 Å². The summed E-state index contributed by atoms with van der Waals surface area (Å²) < 4.78 is 5.56. The van der Waals surface area contributed by atoms with Crippen molar-refractivity contribution < 1.29 is 9.64 Å². The second-order valence-electron chi connectivity index (χ2n) is 8.72. The monoisotopic (exact) mass is 423 g/mol. The summed E-state index contributed by atoms with van der Waals surface area (Å²) in [5.41, 5.74) is 2.92. The molecule has 0 unspecified atom stereocenters. The van der Waals surface area contributed by atoms with Crippen molar-refractivity contribution in [1.82, 2.24) is 9.97 Å². The fourth-order valence-corrected chi connectivity index (χ4v) is 6.05. The lowest BCUT2D eigenvalue weighted by Gasteiger charge is -2.33. The van der Waals surface area contributed by atoms with E-state index in [-0.39, 0.29) is 0 Å². The van der Waals surface area contributed by atoms with Gasteiger partial charge in [0.2, 0.25) is 0 Å². The zero-order chi connectivity index (χ0) is 20.5. The molecule has 30 heavy (non-hydrogen) atoms. The number of fused-ring (bicyclic) bond motifs is 3. The fraction of sp³-hybridized carbons (Fsp3) is 0.500. The molecule has 1 saturated heterocycles. The Morgan fingerprint density at radius 2 is 1.97 bits per heavy atom. The van der Waals surface area contributed by atoms with E-state index in [9.17, 15) is 0 Å². The minimum Gasteiger partial charge on any atom is -0.494 e. The van der Waals surface area contributed by atoms with Crippen LogP contribution in [0.1, 0.15) is 36.3 Å². The van der Waals surface area contributed by atoms with Crippen LogP contribution >= 0.6 is 11.3 Å². The van der Waals surface area contributed by atoms with Gasteiger partial charge < -0.3 is 14.5 Å². The van der Waals surface area contributed by atoms with E-state index < -0.39 is 0 Å². The quantitative estimate of drug-likeness (QED) is 0.685. The van der Waals surface area contributed by atoms with Gasteiger partial charge >= 0.3 is 0 Å². The van der Waals surface area contributed by atoms with Crippen LogP contribution in [0.2, 0.25) is 0 Å². The molecule has 0 amide bonds. The molecule has 158 valence electrons. The molecule has 5 nitrogen and oxygen atoms in total. The minimum absolute atomic E-state index is 0.717. The molecule has 1 aromatic carbocycles. The summed E-state index contributed by atoms with van der Waals surface area (Å²) in [6.45, 7) is 10.6. The molecule has 0 bridgehead atoms. The van der Waals surface area contributed by atoms with Crippen LogP contribution in [0, 0.1) is 5.92 Å². The number of benzene rings is 1. The van der Waals surface area contributed by atoms with Crippen molar-refractivity contribution >= 4 is 27.4 Å². The van der Waals surface area contributed by atoms with Crippen LogP contribution in [-0.4, -0.2) is 42.8 Å². The molecule has 2 aromatic heterocycles. The molecule has 0 spiro atoms. The lowest BCUT2D eigenvalue weighted by Crippen LogP contribution is -3.13. The zero-order valence-electron chi connectivity index (χ0n) is 18.0. The van der Waals surface area contributed by atoms with Gasteiger partial charge in [0.05, 0.1) is 38.2 Å². The van der Waals surface area contributed by atoms with Crippen molar-refractivity contribution in [3.8, 4) is 5.75 Å². The Balaban J connectivity index is 1.29. The number of rotatable bonds is 5. The molecule has 5 rings (SSSR count). The van der Waals surface area contributed by atoms with E-state index >= 15 is 0 Å². The van der Waals surface area contributed by atoms with E-state index in [2.05, 4.69) is 41.1 Å². The summed E-state index contributed by atoms with van der Waals surface area (Å²) in [6, 6.07) is 8.59. The molecule has 6 heteroatoms. The van der Waals surface area contributed by atoms with Crippen LogP contribution in [0.3, 0.4) is 0 Å². The molecule has 1 aliphatic heterocycles. The summed E-state index contributed by atoms with van der Waals surface area (Å²) in [6.07, 6.45) is 5.45. The Kier molecular flexibility index (Phi) is 5.61. The van der Waals surface area contributed by atoms with Crippen molar-refractivity contribution in [3.63, 3.8) is 0 Å². The van der Waals surface area contributed by atoms with E-state index in [0.29, 0.717) is 0 Å². The lowest BCUT2D eigenvalue weighted by atomic mass is 9.88. The summed E-state index contributed by atoms with van der Waals surface area (Å²) in [4.78, 5) is 16.3. The number of ether oxygens (including phenoxy) is 1. The molecule has 2 aliphatic rings. The normalized spacial score (nSPS) is 19.8. The number of thiophene rings is 1. The fourth-order valence-electron chi connectivity index (χ4n) is 4.88. The van der Waals surface area contributed by atoms with Gasteiger partial charge in [-0.1, -0.05) is 6.92 Å². The van der Waals surface area contributed by atoms with Gasteiger partial charge in [0.1, 0.15) is 29.3 Å². The number of hydrogen-bond donors (Lipinski definition) is 1. The maximum atomic E-state index is 5.56. The first-order valence-electron chi connectivity index (χ1n) is 11.3. The molecule has 1 aliphatic carbocycles. The van der Waals surface area contributed by atoms with Crippen molar-refractivity contribution in [1.29, 1.82) is 0 Å².